The van der Waals surface area contributed by atoms with Gasteiger partial charge in [-0.15, -0.1) is 0 Å². The number of ether oxygens (including phenoxy) is 1. The molecule has 106 valence electrons. The Morgan fingerprint density at radius 2 is 1.75 bits per heavy atom. The molecule has 0 aliphatic rings. The average molecular weight is 336 g/mol. The number of benzene rings is 2. The van der Waals surface area contributed by atoms with Gasteiger partial charge >= 0.3 is 0 Å². The van der Waals surface area contributed by atoms with Crippen LogP contribution >= 0.6 is 15.9 Å². The van der Waals surface area contributed by atoms with E-state index in [1.54, 1.807) is 7.11 Å². The number of methoxy groups -OCH3 is 1. The van der Waals surface area contributed by atoms with E-state index in [1.807, 2.05) is 54.6 Å². The monoisotopic (exact) mass is 335 g/mol. The summed E-state index contributed by atoms with van der Waals surface area (Å²) in [6, 6.07) is 17.7. The van der Waals surface area contributed by atoms with Crippen LogP contribution in [-0.4, -0.2) is 25.4 Å². The van der Waals surface area contributed by atoms with Crippen LogP contribution in [0.3, 0.4) is 0 Å². The molecular formula is C16H18BrNO2. The number of hydrogen-bond acceptors (Lipinski definition) is 3. The second kappa shape index (κ2) is 6.88. The average Bonchev–Trinajstić information content (AvgIpc) is 2.50. The minimum absolute atomic E-state index is 0.0633. The Kier molecular flexibility index (Phi) is 5.17. The summed E-state index contributed by atoms with van der Waals surface area (Å²) in [7, 11) is 1.63. The van der Waals surface area contributed by atoms with Crippen LogP contribution in [-0.2, 0) is 10.3 Å². The van der Waals surface area contributed by atoms with Crippen LogP contribution in [0.1, 0.15) is 5.56 Å². The molecule has 2 N–H and O–H groups in total. The summed E-state index contributed by atoms with van der Waals surface area (Å²) in [6.45, 7) is 0.307. The maximum absolute atomic E-state index is 9.96. The summed E-state index contributed by atoms with van der Waals surface area (Å²) in [5.41, 5.74) is 1.24. The van der Waals surface area contributed by atoms with E-state index in [9.17, 15) is 5.11 Å². The molecule has 0 aromatic heterocycles. The van der Waals surface area contributed by atoms with Crippen molar-refractivity contribution in [3.05, 3.63) is 64.6 Å². The first-order valence-corrected chi connectivity index (χ1v) is 7.19. The smallest absolute Gasteiger partial charge is 0.109 e. The first-order valence-electron chi connectivity index (χ1n) is 6.40. The first kappa shape index (κ1) is 15.0. The van der Waals surface area contributed by atoms with E-state index in [2.05, 4.69) is 21.2 Å². The van der Waals surface area contributed by atoms with Crippen LogP contribution in [0.15, 0.2) is 59.1 Å². The quantitative estimate of drug-likeness (QED) is 0.850. The molecule has 0 aliphatic carbocycles. The fourth-order valence-electron chi connectivity index (χ4n) is 2.19. The van der Waals surface area contributed by atoms with Gasteiger partial charge in [0.1, 0.15) is 5.54 Å². The van der Waals surface area contributed by atoms with Crippen molar-refractivity contribution < 1.29 is 9.84 Å². The third-order valence-electron chi connectivity index (χ3n) is 3.23. The van der Waals surface area contributed by atoms with Crippen molar-refractivity contribution in [2.75, 3.05) is 25.6 Å². The minimum atomic E-state index is -0.667. The summed E-state index contributed by atoms with van der Waals surface area (Å²) in [5.74, 6) is 0. The summed E-state index contributed by atoms with van der Waals surface area (Å²) in [4.78, 5) is 0. The van der Waals surface area contributed by atoms with E-state index in [1.165, 1.54) is 0 Å². The second-order valence-corrected chi connectivity index (χ2v) is 5.50. The fraction of sp³-hybridized carbons (Fsp3) is 0.250. The number of hydrogen-bond donors (Lipinski definition) is 2. The molecule has 0 saturated heterocycles. The Hall–Kier alpha value is -1.36. The molecule has 1 unspecified atom stereocenters. The van der Waals surface area contributed by atoms with Gasteiger partial charge in [0.05, 0.1) is 13.2 Å². The number of rotatable bonds is 6. The first-order chi connectivity index (χ1) is 9.72. The molecule has 0 aliphatic heterocycles. The number of aliphatic hydroxyl groups is 1. The molecule has 4 heteroatoms. The van der Waals surface area contributed by atoms with Gasteiger partial charge in [-0.05, 0) is 33.6 Å². The number of nitrogens with one attached hydrogen (secondary N) is 1. The van der Waals surface area contributed by atoms with Crippen molar-refractivity contribution in [2.45, 2.75) is 5.54 Å². The second-order valence-electron chi connectivity index (χ2n) is 4.64. The molecule has 0 amide bonds. The Bertz CT molecular complexity index is 547. The van der Waals surface area contributed by atoms with E-state index in [-0.39, 0.29) is 6.61 Å². The van der Waals surface area contributed by atoms with Crippen LogP contribution in [0, 0.1) is 0 Å². The number of anilines is 1. The van der Waals surface area contributed by atoms with Gasteiger partial charge in [-0.1, -0.05) is 42.5 Å². The lowest BCUT2D eigenvalue weighted by atomic mass is 9.91. The van der Waals surface area contributed by atoms with Crippen molar-refractivity contribution in [1.29, 1.82) is 0 Å². The molecule has 0 spiro atoms. The topological polar surface area (TPSA) is 41.5 Å². The van der Waals surface area contributed by atoms with Gasteiger partial charge in [0.15, 0.2) is 0 Å². The predicted octanol–water partition coefficient (Wildman–Crippen LogP) is 3.40. The van der Waals surface area contributed by atoms with Crippen molar-refractivity contribution in [3.63, 3.8) is 0 Å². The van der Waals surface area contributed by atoms with Crippen molar-refractivity contribution in [3.8, 4) is 0 Å². The molecule has 2 aromatic carbocycles. The molecule has 2 aromatic rings. The van der Waals surface area contributed by atoms with Gasteiger partial charge in [0.25, 0.3) is 0 Å². The van der Waals surface area contributed by atoms with Crippen LogP contribution in [0.25, 0.3) is 0 Å². The summed E-state index contributed by atoms with van der Waals surface area (Å²) in [6.07, 6.45) is 0. The Balaban J connectivity index is 2.40. The third-order valence-corrected chi connectivity index (χ3v) is 3.93. The van der Waals surface area contributed by atoms with E-state index in [0.29, 0.717) is 6.61 Å². The highest BCUT2D eigenvalue weighted by atomic mass is 79.9. The van der Waals surface area contributed by atoms with E-state index in [0.717, 1.165) is 15.7 Å². The van der Waals surface area contributed by atoms with E-state index >= 15 is 0 Å². The van der Waals surface area contributed by atoms with Crippen molar-refractivity contribution in [2.24, 2.45) is 0 Å². The zero-order valence-corrected chi connectivity index (χ0v) is 12.9. The summed E-state index contributed by atoms with van der Waals surface area (Å²) >= 11 is 3.52. The lowest BCUT2D eigenvalue weighted by Crippen LogP contribution is -2.43. The van der Waals surface area contributed by atoms with E-state index < -0.39 is 5.54 Å². The highest BCUT2D eigenvalue weighted by molar-refractivity contribution is 9.10. The lowest BCUT2D eigenvalue weighted by molar-refractivity contribution is 0.0977. The van der Waals surface area contributed by atoms with Crippen molar-refractivity contribution in [1.82, 2.24) is 0 Å². The molecule has 2 rings (SSSR count). The highest BCUT2D eigenvalue weighted by Gasteiger charge is 2.32. The minimum Gasteiger partial charge on any atom is -0.393 e. The maximum Gasteiger partial charge on any atom is 0.109 e. The molecule has 1 atom stereocenters. The SMILES string of the molecule is COCC(CO)(Nc1ccccc1Br)c1ccccc1. The Labute approximate surface area is 127 Å². The van der Waals surface area contributed by atoms with Crippen molar-refractivity contribution >= 4 is 21.6 Å². The molecule has 0 bridgehead atoms. The van der Waals surface area contributed by atoms with Gasteiger partial charge in [-0.2, -0.15) is 0 Å². The Morgan fingerprint density at radius 1 is 1.10 bits per heavy atom. The molecular weight excluding hydrogens is 318 g/mol. The lowest BCUT2D eigenvalue weighted by Gasteiger charge is -2.34. The summed E-state index contributed by atoms with van der Waals surface area (Å²) in [5, 5.41) is 13.4. The fourth-order valence-corrected chi connectivity index (χ4v) is 2.58. The third kappa shape index (κ3) is 3.20. The maximum atomic E-state index is 9.96. The highest BCUT2D eigenvalue weighted by Crippen LogP contribution is 2.30. The zero-order chi connectivity index (χ0) is 14.4. The van der Waals surface area contributed by atoms with Gasteiger partial charge in [-0.25, -0.2) is 0 Å². The van der Waals surface area contributed by atoms with Gasteiger partial charge < -0.3 is 15.2 Å². The predicted molar refractivity (Wildman–Crippen MR) is 84.8 cm³/mol. The molecule has 0 radical (unpaired) electrons. The summed E-state index contributed by atoms with van der Waals surface area (Å²) < 4.78 is 6.28. The molecule has 20 heavy (non-hydrogen) atoms. The number of halogens is 1. The Morgan fingerprint density at radius 3 is 2.35 bits per heavy atom. The van der Waals surface area contributed by atoms with Crippen LogP contribution in [0.4, 0.5) is 5.69 Å². The molecule has 0 heterocycles. The standard InChI is InChI=1S/C16H18BrNO2/c1-20-12-16(11-19,13-7-3-2-4-8-13)18-15-10-6-5-9-14(15)17/h2-10,18-19H,11-12H2,1H3. The van der Waals surface area contributed by atoms with E-state index in [4.69, 9.17) is 4.74 Å². The normalized spacial score (nSPS) is 13.8. The molecule has 0 saturated carbocycles. The molecule has 3 nitrogen and oxygen atoms in total. The number of para-hydroxylation sites is 1. The van der Waals surface area contributed by atoms with Crippen LogP contribution in [0.2, 0.25) is 0 Å². The molecule has 0 fully saturated rings. The van der Waals surface area contributed by atoms with Gasteiger partial charge in [0.2, 0.25) is 0 Å². The van der Waals surface area contributed by atoms with Crippen LogP contribution < -0.4 is 5.32 Å². The largest absolute Gasteiger partial charge is 0.393 e. The van der Waals surface area contributed by atoms with Gasteiger partial charge in [0, 0.05) is 17.3 Å². The van der Waals surface area contributed by atoms with Gasteiger partial charge in [-0.3, -0.25) is 0 Å². The zero-order valence-electron chi connectivity index (χ0n) is 11.3. The number of aliphatic hydroxyl groups excluding tert-OH is 1. The van der Waals surface area contributed by atoms with Crippen LogP contribution in [0.5, 0.6) is 0 Å².